The molecule has 2 nitrogen and oxygen atoms in total. The van der Waals surface area contributed by atoms with Crippen molar-refractivity contribution in [2.24, 2.45) is 0 Å². The van der Waals surface area contributed by atoms with Gasteiger partial charge in [-0.2, -0.15) is 0 Å². The van der Waals surface area contributed by atoms with E-state index in [1.165, 1.54) is 18.7 Å². The smallest absolute Gasteiger partial charge is 0.234 e. The van der Waals surface area contributed by atoms with E-state index in [9.17, 15) is 0 Å². The quantitative estimate of drug-likeness (QED) is 0.575. The molecule has 0 atom stereocenters. The zero-order valence-corrected chi connectivity index (χ0v) is 6.67. The van der Waals surface area contributed by atoms with E-state index in [1.807, 2.05) is 19.4 Å². The van der Waals surface area contributed by atoms with Gasteiger partial charge in [-0.05, 0) is 6.42 Å². The summed E-state index contributed by atoms with van der Waals surface area (Å²) in [5.74, 6) is 1.20. The number of hydrogen-bond donors (Lipinski definition) is 0. The maximum atomic E-state index is 4.22. The van der Waals surface area contributed by atoms with Gasteiger partial charge in [-0.15, -0.1) is 0 Å². The highest BCUT2D eigenvalue weighted by Gasteiger charge is 2.17. The van der Waals surface area contributed by atoms with Gasteiger partial charge < -0.3 is 0 Å². The molecule has 0 saturated carbocycles. The Morgan fingerprint density at radius 3 is 2.90 bits per heavy atom. The second kappa shape index (κ2) is 3.40. The third-order valence-electron chi connectivity index (χ3n) is 1.67. The van der Waals surface area contributed by atoms with Crippen molar-refractivity contribution in [1.82, 2.24) is 9.89 Å². The molecule has 1 aliphatic rings. The lowest BCUT2D eigenvalue weighted by molar-refractivity contribution is 0.663. The molecule has 0 amide bonds. The maximum absolute atomic E-state index is 4.22. The number of unbranched alkanes of at least 4 members (excludes halogenated alkanes) is 1. The van der Waals surface area contributed by atoms with Crippen molar-refractivity contribution in [2.75, 3.05) is 7.05 Å². The summed E-state index contributed by atoms with van der Waals surface area (Å²) >= 11 is 0. The van der Waals surface area contributed by atoms with Crippen LogP contribution < -0.4 is 4.99 Å². The van der Waals surface area contributed by atoms with Gasteiger partial charge in [0.15, 0.2) is 6.20 Å². The van der Waals surface area contributed by atoms with Gasteiger partial charge in [0, 0.05) is 0 Å². The monoisotopic (exact) mass is 138 g/mol. The molecule has 1 heterocycles. The Morgan fingerprint density at radius 1 is 1.60 bits per heavy atom. The lowest BCUT2D eigenvalue weighted by Crippen LogP contribution is -2.19. The Kier molecular flexibility index (Phi) is 2.49. The van der Waals surface area contributed by atoms with Crippen molar-refractivity contribution in [3.8, 4) is 0 Å². The van der Waals surface area contributed by atoms with Crippen molar-refractivity contribution in [2.45, 2.75) is 26.2 Å². The van der Waals surface area contributed by atoms with Crippen LogP contribution in [0.1, 0.15) is 26.2 Å². The Hall–Kier alpha value is -0.790. The van der Waals surface area contributed by atoms with Crippen molar-refractivity contribution in [3.63, 3.8) is 0 Å². The molecule has 0 N–H and O–H groups in total. The van der Waals surface area contributed by atoms with Crippen LogP contribution in [0.15, 0.2) is 12.4 Å². The van der Waals surface area contributed by atoms with Crippen molar-refractivity contribution in [1.29, 1.82) is 0 Å². The molecule has 1 radical (unpaired) electrons. The normalized spacial score (nSPS) is 16.2. The van der Waals surface area contributed by atoms with Crippen LogP contribution in [0, 0.1) is 0 Å². The lowest BCUT2D eigenvalue weighted by Gasteiger charge is -1.99. The number of aliphatic imine (C=N–C) groups is 1. The van der Waals surface area contributed by atoms with Gasteiger partial charge in [-0.25, -0.2) is 4.90 Å². The third-order valence-corrected chi connectivity index (χ3v) is 1.67. The predicted molar refractivity (Wildman–Crippen MR) is 43.6 cm³/mol. The van der Waals surface area contributed by atoms with Gasteiger partial charge in [0.25, 0.3) is 5.84 Å². The minimum Gasteiger partial charge on any atom is -0.234 e. The molecule has 0 fully saturated rings. The highest BCUT2D eigenvalue weighted by molar-refractivity contribution is 5.83. The van der Waals surface area contributed by atoms with Gasteiger partial charge in [0.05, 0.1) is 13.5 Å². The van der Waals surface area contributed by atoms with Crippen molar-refractivity contribution < 1.29 is 0 Å². The zero-order chi connectivity index (χ0) is 7.40. The molecular weight excluding hydrogens is 124 g/mol. The largest absolute Gasteiger partial charge is 0.298 e. The van der Waals surface area contributed by atoms with E-state index in [1.54, 1.807) is 0 Å². The fraction of sp³-hybridized carbons (Fsp3) is 0.625. The molecule has 0 bridgehead atoms. The molecule has 1 aliphatic heterocycles. The molecule has 1 rings (SSSR count). The van der Waals surface area contributed by atoms with Crippen LogP contribution in [-0.4, -0.2) is 17.8 Å². The molecule has 10 heavy (non-hydrogen) atoms. The van der Waals surface area contributed by atoms with Crippen LogP contribution in [0.4, 0.5) is 0 Å². The predicted octanol–water partition coefficient (Wildman–Crippen LogP) is 1.33. The zero-order valence-electron chi connectivity index (χ0n) is 6.67. The summed E-state index contributed by atoms with van der Waals surface area (Å²) in [5, 5.41) is 0. The second-order valence-corrected chi connectivity index (χ2v) is 2.56. The van der Waals surface area contributed by atoms with Gasteiger partial charge in [0.2, 0.25) is 0 Å². The van der Waals surface area contributed by atoms with Crippen molar-refractivity contribution in [3.05, 3.63) is 12.4 Å². The van der Waals surface area contributed by atoms with Gasteiger partial charge in [-0.1, -0.05) is 18.3 Å². The van der Waals surface area contributed by atoms with E-state index in [4.69, 9.17) is 0 Å². The molecule has 0 unspecified atom stereocenters. The SMILES string of the molecule is CCCCC1=[N+]C=CN1C. The summed E-state index contributed by atoms with van der Waals surface area (Å²) in [5.41, 5.74) is 0. The molecular formula is C8H14N2+. The lowest BCUT2D eigenvalue weighted by atomic mass is 10.2. The highest BCUT2D eigenvalue weighted by atomic mass is 15.2. The third kappa shape index (κ3) is 1.59. The number of rotatable bonds is 3. The second-order valence-electron chi connectivity index (χ2n) is 2.56. The minimum absolute atomic E-state index is 1.11. The first-order valence-corrected chi connectivity index (χ1v) is 3.80. The van der Waals surface area contributed by atoms with E-state index in [0.29, 0.717) is 0 Å². The van der Waals surface area contributed by atoms with E-state index >= 15 is 0 Å². The molecule has 55 valence electrons. The topological polar surface area (TPSA) is 17.3 Å². The summed E-state index contributed by atoms with van der Waals surface area (Å²) in [4.78, 5) is 6.30. The fourth-order valence-electron chi connectivity index (χ4n) is 0.972. The van der Waals surface area contributed by atoms with E-state index in [-0.39, 0.29) is 0 Å². The van der Waals surface area contributed by atoms with E-state index < -0.39 is 0 Å². The summed E-state index contributed by atoms with van der Waals surface area (Å²) in [6.07, 6.45) is 7.44. The standard InChI is InChI=1S/C8H14N2/c1-3-4-5-8-9-6-7-10(8)2/h6-7H,3-5H2,1-2H3/q+1. The van der Waals surface area contributed by atoms with Crippen LogP contribution in [0.2, 0.25) is 0 Å². The van der Waals surface area contributed by atoms with Crippen molar-refractivity contribution >= 4 is 5.84 Å². The maximum Gasteiger partial charge on any atom is 0.298 e. The average molecular weight is 138 g/mol. The fourth-order valence-corrected chi connectivity index (χ4v) is 0.972. The summed E-state index contributed by atoms with van der Waals surface area (Å²) in [6.45, 7) is 2.20. The molecule has 0 spiro atoms. The number of amidine groups is 1. The van der Waals surface area contributed by atoms with Crippen LogP contribution in [0.25, 0.3) is 0 Å². The summed E-state index contributed by atoms with van der Waals surface area (Å²) in [6, 6.07) is 0. The van der Waals surface area contributed by atoms with Gasteiger partial charge in [-0.3, -0.25) is 0 Å². The van der Waals surface area contributed by atoms with Gasteiger partial charge in [0.1, 0.15) is 6.20 Å². The van der Waals surface area contributed by atoms with Crippen LogP contribution in [0.3, 0.4) is 0 Å². The Labute approximate surface area is 62.3 Å². The Bertz CT molecular complexity index is 159. The van der Waals surface area contributed by atoms with Gasteiger partial charge >= 0.3 is 0 Å². The number of nitrogens with zero attached hydrogens (tertiary/aromatic N) is 2. The molecule has 0 aromatic rings. The van der Waals surface area contributed by atoms with E-state index in [2.05, 4.69) is 16.8 Å². The molecule has 2 heteroatoms. The minimum atomic E-state index is 1.11. The Balaban J connectivity index is 2.30. The summed E-state index contributed by atoms with van der Waals surface area (Å²) in [7, 11) is 2.04. The highest BCUT2D eigenvalue weighted by Crippen LogP contribution is 2.01. The average Bonchev–Trinajstić information content (AvgIpc) is 2.31. The summed E-state index contributed by atoms with van der Waals surface area (Å²) < 4.78 is 0. The first-order chi connectivity index (χ1) is 4.84. The number of hydrogen-bond acceptors (Lipinski definition) is 2. The molecule has 0 saturated heterocycles. The molecule has 0 aromatic heterocycles. The Morgan fingerprint density at radius 2 is 2.40 bits per heavy atom. The van der Waals surface area contributed by atoms with Crippen LogP contribution in [-0.2, 0) is 0 Å². The first-order valence-electron chi connectivity index (χ1n) is 3.80. The molecule has 0 aliphatic carbocycles. The van der Waals surface area contributed by atoms with Crippen LogP contribution in [0.5, 0.6) is 0 Å². The molecule has 0 aromatic carbocycles. The van der Waals surface area contributed by atoms with Crippen LogP contribution >= 0.6 is 0 Å². The van der Waals surface area contributed by atoms with E-state index in [0.717, 1.165) is 6.42 Å². The first kappa shape index (κ1) is 7.32.